The van der Waals surface area contributed by atoms with Crippen molar-refractivity contribution in [1.29, 1.82) is 0 Å². The largest absolute Gasteiger partial charge is 0.411 e. The van der Waals surface area contributed by atoms with Crippen molar-refractivity contribution in [3.63, 3.8) is 0 Å². The first-order valence-electron chi connectivity index (χ1n) is 7.15. The minimum Gasteiger partial charge on any atom is -0.372 e. The van der Waals surface area contributed by atoms with Gasteiger partial charge in [0.2, 0.25) is 5.89 Å². The van der Waals surface area contributed by atoms with Crippen LogP contribution >= 0.6 is 0 Å². The molecule has 21 heavy (non-hydrogen) atoms. The number of halogens is 3. The summed E-state index contributed by atoms with van der Waals surface area (Å²) in [7, 11) is 0. The third kappa shape index (κ3) is 5.62. The number of ether oxygens (including phenoxy) is 1. The summed E-state index contributed by atoms with van der Waals surface area (Å²) in [5.41, 5.74) is 6.11. The molecule has 0 amide bonds. The molecule has 8 heteroatoms. The van der Waals surface area contributed by atoms with Crippen molar-refractivity contribution in [3.05, 3.63) is 11.7 Å². The minimum atomic E-state index is -4.31. The number of alkyl halides is 3. The lowest BCUT2D eigenvalue weighted by Crippen LogP contribution is -2.30. The first-order chi connectivity index (χ1) is 9.94. The average molecular weight is 307 g/mol. The summed E-state index contributed by atoms with van der Waals surface area (Å²) in [5.74, 6) is 1.29. The monoisotopic (exact) mass is 307 g/mol. The fraction of sp³-hybridized carbons (Fsp3) is 0.846. The van der Waals surface area contributed by atoms with Gasteiger partial charge in [0.25, 0.3) is 0 Å². The molecule has 0 bridgehead atoms. The van der Waals surface area contributed by atoms with E-state index in [0.717, 1.165) is 12.8 Å². The van der Waals surface area contributed by atoms with E-state index in [1.54, 1.807) is 0 Å². The lowest BCUT2D eigenvalue weighted by molar-refractivity contribution is -0.173. The van der Waals surface area contributed by atoms with Crippen LogP contribution in [0, 0.1) is 5.92 Å². The van der Waals surface area contributed by atoms with E-state index in [1.165, 1.54) is 12.8 Å². The lowest BCUT2D eigenvalue weighted by atomic mass is 9.96. The van der Waals surface area contributed by atoms with Gasteiger partial charge in [-0.25, -0.2) is 0 Å². The number of rotatable bonds is 7. The van der Waals surface area contributed by atoms with Crippen molar-refractivity contribution in [2.45, 2.75) is 50.7 Å². The zero-order valence-electron chi connectivity index (χ0n) is 11.7. The van der Waals surface area contributed by atoms with E-state index in [0.29, 0.717) is 24.1 Å². The van der Waals surface area contributed by atoms with Gasteiger partial charge in [0, 0.05) is 18.9 Å². The molecular weight excluding hydrogens is 287 g/mol. The van der Waals surface area contributed by atoms with E-state index >= 15 is 0 Å². The van der Waals surface area contributed by atoms with Crippen molar-refractivity contribution < 1.29 is 22.4 Å². The fourth-order valence-corrected chi connectivity index (χ4v) is 2.58. The normalized spacial score (nSPS) is 18.3. The SMILES string of the molecule is NC(Cc1nc(CCOCC(F)(F)F)no1)C1CCCC1. The Morgan fingerprint density at radius 3 is 2.71 bits per heavy atom. The maximum Gasteiger partial charge on any atom is 0.411 e. The van der Waals surface area contributed by atoms with Gasteiger partial charge in [-0.2, -0.15) is 18.2 Å². The highest BCUT2D eigenvalue weighted by Gasteiger charge is 2.27. The second-order valence-electron chi connectivity index (χ2n) is 5.43. The molecule has 0 aromatic carbocycles. The highest BCUT2D eigenvalue weighted by atomic mass is 19.4. The van der Waals surface area contributed by atoms with Crippen molar-refractivity contribution in [2.75, 3.05) is 13.2 Å². The first kappa shape index (κ1) is 16.2. The topological polar surface area (TPSA) is 74.2 Å². The molecule has 1 aliphatic rings. The zero-order chi connectivity index (χ0) is 15.3. The van der Waals surface area contributed by atoms with E-state index in [-0.39, 0.29) is 19.1 Å². The maximum absolute atomic E-state index is 11.9. The number of hydrogen-bond acceptors (Lipinski definition) is 5. The Hall–Kier alpha value is -1.15. The highest BCUT2D eigenvalue weighted by Crippen LogP contribution is 2.28. The summed E-state index contributed by atoms with van der Waals surface area (Å²) in [6.45, 7) is -1.35. The van der Waals surface area contributed by atoms with Crippen molar-refractivity contribution in [1.82, 2.24) is 10.1 Å². The third-order valence-corrected chi connectivity index (χ3v) is 3.66. The van der Waals surface area contributed by atoms with E-state index in [9.17, 15) is 13.2 Å². The second-order valence-corrected chi connectivity index (χ2v) is 5.43. The van der Waals surface area contributed by atoms with Gasteiger partial charge >= 0.3 is 6.18 Å². The van der Waals surface area contributed by atoms with Crippen LogP contribution < -0.4 is 5.73 Å². The maximum atomic E-state index is 11.9. The van der Waals surface area contributed by atoms with E-state index in [4.69, 9.17) is 10.3 Å². The standard InChI is InChI=1S/C13H20F3N3O2/c14-13(15,16)8-20-6-5-11-18-12(21-19-11)7-10(17)9-3-1-2-4-9/h9-10H,1-8,17H2. The number of nitrogens with two attached hydrogens (primary N) is 1. The molecule has 5 nitrogen and oxygen atoms in total. The molecule has 1 aromatic rings. The minimum absolute atomic E-state index is 0.00211. The molecule has 0 aliphatic heterocycles. The van der Waals surface area contributed by atoms with Crippen LogP contribution in [-0.2, 0) is 17.6 Å². The Morgan fingerprint density at radius 2 is 2.05 bits per heavy atom. The Balaban J connectivity index is 1.71. The van der Waals surface area contributed by atoms with Crippen molar-refractivity contribution >= 4 is 0 Å². The molecule has 1 aromatic heterocycles. The van der Waals surface area contributed by atoms with Crippen LogP contribution in [-0.4, -0.2) is 35.6 Å². The summed E-state index contributed by atoms with van der Waals surface area (Å²) in [6.07, 6.45) is 1.09. The van der Waals surface area contributed by atoms with Crippen LogP contribution in [0.25, 0.3) is 0 Å². The first-order valence-corrected chi connectivity index (χ1v) is 7.15. The van der Waals surface area contributed by atoms with E-state index in [2.05, 4.69) is 14.9 Å². The Bertz CT molecular complexity index is 431. The van der Waals surface area contributed by atoms with Crippen LogP contribution in [0.4, 0.5) is 13.2 Å². The van der Waals surface area contributed by atoms with Gasteiger partial charge in [0.1, 0.15) is 6.61 Å². The molecule has 120 valence electrons. The smallest absolute Gasteiger partial charge is 0.372 e. The van der Waals surface area contributed by atoms with Gasteiger partial charge in [-0.15, -0.1) is 0 Å². The molecule has 2 N–H and O–H groups in total. The number of aromatic nitrogens is 2. The predicted molar refractivity (Wildman–Crippen MR) is 68.5 cm³/mol. The Morgan fingerprint density at radius 1 is 1.33 bits per heavy atom. The van der Waals surface area contributed by atoms with Crippen molar-refractivity contribution in [3.8, 4) is 0 Å². The summed E-state index contributed by atoms with van der Waals surface area (Å²) in [6, 6.07) is 0.00211. The summed E-state index contributed by atoms with van der Waals surface area (Å²) in [5, 5.41) is 3.73. The Kier molecular flexibility index (Phi) is 5.58. The molecule has 0 saturated heterocycles. The van der Waals surface area contributed by atoms with Crippen LogP contribution in [0.5, 0.6) is 0 Å². The third-order valence-electron chi connectivity index (χ3n) is 3.66. The van der Waals surface area contributed by atoms with Crippen LogP contribution in [0.1, 0.15) is 37.4 Å². The van der Waals surface area contributed by atoms with Crippen molar-refractivity contribution in [2.24, 2.45) is 11.7 Å². The van der Waals surface area contributed by atoms with Gasteiger partial charge < -0.3 is 15.0 Å². The van der Waals surface area contributed by atoms with Crippen LogP contribution in [0.15, 0.2) is 4.52 Å². The highest BCUT2D eigenvalue weighted by molar-refractivity contribution is 4.91. The number of hydrogen-bond donors (Lipinski definition) is 1. The molecule has 1 atom stereocenters. The summed E-state index contributed by atoms with van der Waals surface area (Å²) < 4.78 is 45.2. The zero-order valence-corrected chi connectivity index (χ0v) is 11.7. The van der Waals surface area contributed by atoms with E-state index in [1.807, 2.05) is 0 Å². The molecule has 2 rings (SSSR count). The molecule has 1 saturated carbocycles. The van der Waals surface area contributed by atoms with Gasteiger partial charge in [-0.1, -0.05) is 18.0 Å². The van der Waals surface area contributed by atoms with E-state index < -0.39 is 12.8 Å². The van der Waals surface area contributed by atoms with Gasteiger partial charge in [-0.05, 0) is 18.8 Å². The van der Waals surface area contributed by atoms with Crippen LogP contribution in [0.2, 0.25) is 0 Å². The molecule has 1 heterocycles. The second kappa shape index (κ2) is 7.22. The molecule has 1 aliphatic carbocycles. The fourth-order valence-electron chi connectivity index (χ4n) is 2.58. The molecule has 0 spiro atoms. The lowest BCUT2D eigenvalue weighted by Gasteiger charge is -2.16. The molecule has 0 radical (unpaired) electrons. The molecule has 1 unspecified atom stereocenters. The predicted octanol–water partition coefficient (Wildman–Crippen LogP) is 2.25. The van der Waals surface area contributed by atoms with Gasteiger partial charge in [0.15, 0.2) is 5.82 Å². The van der Waals surface area contributed by atoms with Gasteiger partial charge in [0.05, 0.1) is 6.61 Å². The molecular formula is C13H20F3N3O2. The van der Waals surface area contributed by atoms with Gasteiger partial charge in [-0.3, -0.25) is 0 Å². The summed E-state index contributed by atoms with van der Waals surface area (Å²) >= 11 is 0. The molecule has 1 fully saturated rings. The quantitative estimate of drug-likeness (QED) is 0.782. The van der Waals surface area contributed by atoms with Crippen LogP contribution in [0.3, 0.4) is 0 Å². The number of nitrogens with zero attached hydrogens (tertiary/aromatic N) is 2. The summed E-state index contributed by atoms with van der Waals surface area (Å²) in [4.78, 5) is 4.14. The average Bonchev–Trinajstić information content (AvgIpc) is 3.05. The Labute approximate surface area is 121 Å².